The smallest absolute Gasteiger partial charge is 0.229 e. The monoisotopic (exact) mass is 453 g/mol. The average molecular weight is 454 g/mol. The van der Waals surface area contributed by atoms with Gasteiger partial charge in [-0.3, -0.25) is 9.52 Å². The summed E-state index contributed by atoms with van der Waals surface area (Å²) in [6, 6.07) is 13.1. The van der Waals surface area contributed by atoms with Crippen LogP contribution >= 0.6 is 0 Å². The molecule has 3 heterocycles. The molecular formula is C24H27N3O4S. The van der Waals surface area contributed by atoms with Crippen LogP contribution in [0.15, 0.2) is 48.7 Å². The number of benzene rings is 2. The molecule has 0 amide bonds. The molecule has 8 heteroatoms. The normalized spacial score (nSPS) is 20.2. The topological polar surface area (TPSA) is 100 Å². The van der Waals surface area contributed by atoms with Gasteiger partial charge in [0.1, 0.15) is 11.4 Å². The Morgan fingerprint density at radius 1 is 1.16 bits per heavy atom. The van der Waals surface area contributed by atoms with E-state index in [-0.39, 0.29) is 11.7 Å². The number of fused-ring (bicyclic) bond motifs is 2. The minimum atomic E-state index is -3.42. The Kier molecular flexibility index (Phi) is 5.22. The van der Waals surface area contributed by atoms with Gasteiger partial charge in [-0.15, -0.1) is 0 Å². The highest BCUT2D eigenvalue weighted by atomic mass is 32.2. The number of hydrogen-bond donors (Lipinski definition) is 3. The summed E-state index contributed by atoms with van der Waals surface area (Å²) in [6.45, 7) is 1.57. The van der Waals surface area contributed by atoms with Crippen molar-refractivity contribution in [3.8, 4) is 5.75 Å². The lowest BCUT2D eigenvalue weighted by Gasteiger charge is -2.46. The number of rotatable bonds is 5. The molecule has 168 valence electrons. The summed E-state index contributed by atoms with van der Waals surface area (Å²) in [7, 11) is -3.42. The highest BCUT2D eigenvalue weighted by Crippen LogP contribution is 2.45. The number of sulfonamides is 1. The summed E-state index contributed by atoms with van der Waals surface area (Å²) in [6.07, 6.45) is 6.09. The van der Waals surface area contributed by atoms with E-state index >= 15 is 0 Å². The number of ketones is 1. The SMILES string of the molecule is CS(=O)(=O)Nc1ccc2c(c1)OC1(CCNCC1)C(CCc1c[nH]c3ccccc13)C2=O. The van der Waals surface area contributed by atoms with E-state index in [9.17, 15) is 13.2 Å². The van der Waals surface area contributed by atoms with E-state index in [1.54, 1.807) is 18.2 Å². The molecule has 2 aliphatic rings. The van der Waals surface area contributed by atoms with Crippen molar-refractivity contribution in [3.63, 3.8) is 0 Å². The maximum Gasteiger partial charge on any atom is 0.229 e. The van der Waals surface area contributed by atoms with E-state index in [1.165, 1.54) is 10.9 Å². The van der Waals surface area contributed by atoms with Gasteiger partial charge in [0.2, 0.25) is 10.0 Å². The lowest BCUT2D eigenvalue weighted by Crippen LogP contribution is -2.56. The largest absolute Gasteiger partial charge is 0.486 e. The Balaban J connectivity index is 1.47. The first kappa shape index (κ1) is 21.0. The van der Waals surface area contributed by atoms with Crippen LogP contribution in [-0.4, -0.2) is 44.1 Å². The Labute approximate surface area is 187 Å². The molecule has 7 nitrogen and oxygen atoms in total. The number of carbonyl (C=O) groups excluding carboxylic acids is 1. The summed E-state index contributed by atoms with van der Waals surface area (Å²) >= 11 is 0. The standard InChI is InChI=1S/C24H27N3O4S/c1-32(29,30)27-17-7-8-19-22(14-17)31-24(10-12-25-13-11-24)20(23(19)28)9-6-16-15-26-21-5-3-2-4-18(16)21/h2-5,7-8,14-15,20,25-27H,6,9-13H2,1H3. The van der Waals surface area contributed by atoms with E-state index in [1.807, 2.05) is 18.3 Å². The molecule has 32 heavy (non-hydrogen) atoms. The lowest BCUT2D eigenvalue weighted by molar-refractivity contribution is -0.0232. The van der Waals surface area contributed by atoms with E-state index in [0.29, 0.717) is 23.4 Å². The van der Waals surface area contributed by atoms with Crippen LogP contribution in [0.1, 0.15) is 35.2 Å². The number of nitrogens with one attached hydrogen (secondary N) is 3. The Hall–Kier alpha value is -2.84. The van der Waals surface area contributed by atoms with E-state index < -0.39 is 15.6 Å². The van der Waals surface area contributed by atoms with Crippen molar-refractivity contribution < 1.29 is 17.9 Å². The Morgan fingerprint density at radius 2 is 1.94 bits per heavy atom. The molecule has 2 aromatic carbocycles. The number of anilines is 1. The van der Waals surface area contributed by atoms with Gasteiger partial charge in [0.25, 0.3) is 0 Å². The maximum atomic E-state index is 13.7. The van der Waals surface area contributed by atoms with Crippen molar-refractivity contribution >= 4 is 32.4 Å². The molecule has 1 aromatic heterocycles. The number of piperidine rings is 1. The Bertz CT molecular complexity index is 1280. The van der Waals surface area contributed by atoms with E-state index in [0.717, 1.165) is 44.1 Å². The van der Waals surface area contributed by atoms with Gasteiger partial charge < -0.3 is 15.0 Å². The molecule has 1 unspecified atom stereocenters. The van der Waals surface area contributed by atoms with Crippen molar-refractivity contribution in [1.29, 1.82) is 0 Å². The van der Waals surface area contributed by atoms with Gasteiger partial charge in [0, 0.05) is 36.0 Å². The first-order valence-electron chi connectivity index (χ1n) is 11.0. The maximum absolute atomic E-state index is 13.7. The van der Waals surface area contributed by atoms with Gasteiger partial charge in [-0.1, -0.05) is 18.2 Å². The van der Waals surface area contributed by atoms with Gasteiger partial charge in [-0.05, 0) is 49.7 Å². The van der Waals surface area contributed by atoms with Gasteiger partial charge >= 0.3 is 0 Å². The fraction of sp³-hybridized carbons (Fsp3) is 0.375. The van der Waals surface area contributed by atoms with Gasteiger partial charge in [0.05, 0.1) is 23.4 Å². The quantitative estimate of drug-likeness (QED) is 0.549. The molecule has 5 rings (SSSR count). The summed E-state index contributed by atoms with van der Waals surface area (Å²) < 4.78 is 32.3. The van der Waals surface area contributed by atoms with Crippen LogP contribution in [-0.2, 0) is 16.4 Å². The number of Topliss-reactive ketones (excluding diaryl/α,β-unsaturated/α-hetero) is 1. The predicted molar refractivity (Wildman–Crippen MR) is 125 cm³/mol. The molecule has 0 aliphatic carbocycles. The molecule has 0 bridgehead atoms. The fourth-order valence-electron chi connectivity index (χ4n) is 5.14. The van der Waals surface area contributed by atoms with Crippen molar-refractivity contribution in [2.24, 2.45) is 5.92 Å². The summed E-state index contributed by atoms with van der Waals surface area (Å²) in [5.74, 6) is 0.298. The third-order valence-corrected chi connectivity index (χ3v) is 7.25. The highest BCUT2D eigenvalue weighted by Gasteiger charge is 2.49. The second kappa shape index (κ2) is 7.94. The molecule has 2 aliphatic heterocycles. The third kappa shape index (κ3) is 3.89. The second-order valence-electron chi connectivity index (χ2n) is 8.82. The third-order valence-electron chi connectivity index (χ3n) is 6.64. The van der Waals surface area contributed by atoms with Crippen LogP contribution in [0.2, 0.25) is 0 Å². The summed E-state index contributed by atoms with van der Waals surface area (Å²) in [4.78, 5) is 17.0. The van der Waals surface area contributed by atoms with E-state index in [2.05, 4.69) is 27.2 Å². The van der Waals surface area contributed by atoms with Crippen molar-refractivity contribution in [1.82, 2.24) is 10.3 Å². The molecular weight excluding hydrogens is 426 g/mol. The number of ether oxygens (including phenoxy) is 1. The first-order valence-corrected chi connectivity index (χ1v) is 12.8. The van der Waals surface area contributed by atoms with Gasteiger partial charge in [-0.25, -0.2) is 8.42 Å². The first-order chi connectivity index (χ1) is 15.3. The molecule has 3 N–H and O–H groups in total. The fourth-order valence-corrected chi connectivity index (χ4v) is 5.69. The number of aromatic amines is 1. The molecule has 1 atom stereocenters. The number of H-pyrrole nitrogens is 1. The highest BCUT2D eigenvalue weighted by molar-refractivity contribution is 7.92. The van der Waals surface area contributed by atoms with Crippen LogP contribution in [0.5, 0.6) is 5.75 Å². The number of aryl methyl sites for hydroxylation is 1. The summed E-state index contributed by atoms with van der Waals surface area (Å²) in [5, 5.41) is 4.55. The second-order valence-corrected chi connectivity index (χ2v) is 10.6. The van der Waals surface area contributed by atoms with Crippen molar-refractivity contribution in [3.05, 3.63) is 59.8 Å². The van der Waals surface area contributed by atoms with Crippen molar-refractivity contribution in [2.75, 3.05) is 24.1 Å². The average Bonchev–Trinajstić information content (AvgIpc) is 3.16. The zero-order valence-corrected chi connectivity index (χ0v) is 18.8. The van der Waals surface area contributed by atoms with Crippen LogP contribution < -0.4 is 14.8 Å². The van der Waals surface area contributed by atoms with Gasteiger partial charge in [-0.2, -0.15) is 0 Å². The molecule has 1 saturated heterocycles. The number of aromatic nitrogens is 1. The lowest BCUT2D eigenvalue weighted by atomic mass is 9.71. The Morgan fingerprint density at radius 3 is 2.72 bits per heavy atom. The zero-order chi connectivity index (χ0) is 22.3. The minimum absolute atomic E-state index is 0.0823. The van der Waals surface area contributed by atoms with Crippen LogP contribution in [0.25, 0.3) is 10.9 Å². The van der Waals surface area contributed by atoms with Crippen LogP contribution in [0.3, 0.4) is 0 Å². The zero-order valence-electron chi connectivity index (χ0n) is 18.0. The predicted octanol–water partition coefficient (Wildman–Crippen LogP) is 3.49. The molecule has 1 spiro atoms. The van der Waals surface area contributed by atoms with Crippen LogP contribution in [0.4, 0.5) is 5.69 Å². The summed E-state index contributed by atoms with van der Waals surface area (Å²) in [5.41, 5.74) is 2.65. The molecule has 1 fully saturated rings. The minimum Gasteiger partial charge on any atom is -0.486 e. The molecule has 3 aromatic rings. The number of carbonyl (C=O) groups is 1. The van der Waals surface area contributed by atoms with Crippen LogP contribution in [0, 0.1) is 5.92 Å². The van der Waals surface area contributed by atoms with E-state index in [4.69, 9.17) is 4.74 Å². The molecule has 0 radical (unpaired) electrons. The van der Waals surface area contributed by atoms with Crippen molar-refractivity contribution in [2.45, 2.75) is 31.3 Å². The van der Waals surface area contributed by atoms with Gasteiger partial charge in [0.15, 0.2) is 5.78 Å². The number of hydrogen-bond acceptors (Lipinski definition) is 5. The molecule has 0 saturated carbocycles. The number of para-hydroxylation sites is 1.